The fourth-order valence-corrected chi connectivity index (χ4v) is 3.31. The number of hydrogen-bond acceptors (Lipinski definition) is 3. The molecule has 1 spiro atoms. The lowest BCUT2D eigenvalue weighted by molar-refractivity contribution is -0.232. The lowest BCUT2D eigenvalue weighted by Crippen LogP contribution is -2.59. The molecule has 4 rings (SSSR count). The first-order valence-electron chi connectivity index (χ1n) is 6.61. The average Bonchev–Trinajstić information content (AvgIpc) is 2.69. The number of ketones is 1. The van der Waals surface area contributed by atoms with E-state index < -0.39 is 5.60 Å². The van der Waals surface area contributed by atoms with Crippen molar-refractivity contribution in [1.29, 1.82) is 0 Å². The standard InChI is InChI=1S/C16H14O3/c1-2-18-13-9-19-16(13)12-8-4-6-10-5-3-7-11(14(10)12)15(16)17/h3-8,13H,2,9H2,1H3. The van der Waals surface area contributed by atoms with Gasteiger partial charge in [-0.15, -0.1) is 0 Å². The van der Waals surface area contributed by atoms with Gasteiger partial charge >= 0.3 is 0 Å². The Morgan fingerprint density at radius 2 is 2.11 bits per heavy atom. The number of ether oxygens (including phenoxy) is 2. The van der Waals surface area contributed by atoms with Crippen LogP contribution in [0, 0.1) is 0 Å². The minimum absolute atomic E-state index is 0.0454. The van der Waals surface area contributed by atoms with Crippen molar-refractivity contribution in [3.8, 4) is 0 Å². The summed E-state index contributed by atoms with van der Waals surface area (Å²) in [5, 5.41) is 2.12. The van der Waals surface area contributed by atoms with E-state index >= 15 is 0 Å². The van der Waals surface area contributed by atoms with Gasteiger partial charge in [-0.1, -0.05) is 36.4 Å². The van der Waals surface area contributed by atoms with E-state index in [0.717, 1.165) is 21.9 Å². The molecule has 3 nitrogen and oxygen atoms in total. The first-order valence-corrected chi connectivity index (χ1v) is 6.61. The van der Waals surface area contributed by atoms with Crippen LogP contribution in [0.5, 0.6) is 0 Å². The highest BCUT2D eigenvalue weighted by atomic mass is 16.6. The van der Waals surface area contributed by atoms with Crippen molar-refractivity contribution in [3.05, 3.63) is 47.5 Å². The number of benzene rings is 2. The molecule has 2 atom stereocenters. The molecule has 1 saturated heterocycles. The van der Waals surface area contributed by atoms with Crippen LogP contribution in [-0.4, -0.2) is 25.1 Å². The number of rotatable bonds is 2. The highest BCUT2D eigenvalue weighted by molar-refractivity contribution is 6.20. The fraction of sp³-hybridized carbons (Fsp3) is 0.312. The maximum Gasteiger partial charge on any atom is 0.202 e. The molecule has 0 amide bonds. The molecule has 1 aliphatic heterocycles. The third kappa shape index (κ3) is 1.17. The minimum Gasteiger partial charge on any atom is -0.372 e. The lowest BCUT2D eigenvalue weighted by Gasteiger charge is -2.45. The molecule has 2 unspecified atom stereocenters. The first kappa shape index (κ1) is 11.1. The molecule has 1 aliphatic carbocycles. The Bertz CT molecular complexity index is 686. The molecule has 1 fully saturated rings. The summed E-state index contributed by atoms with van der Waals surface area (Å²) in [5.74, 6) is 0.0454. The van der Waals surface area contributed by atoms with E-state index in [4.69, 9.17) is 9.47 Å². The van der Waals surface area contributed by atoms with Crippen LogP contribution >= 0.6 is 0 Å². The fourth-order valence-electron chi connectivity index (χ4n) is 3.31. The van der Waals surface area contributed by atoms with Crippen molar-refractivity contribution in [1.82, 2.24) is 0 Å². The van der Waals surface area contributed by atoms with Crippen molar-refractivity contribution in [2.75, 3.05) is 13.2 Å². The van der Waals surface area contributed by atoms with E-state index in [1.807, 2.05) is 43.3 Å². The normalized spacial score (nSPS) is 28.1. The first-order chi connectivity index (χ1) is 9.29. The van der Waals surface area contributed by atoms with Crippen molar-refractivity contribution < 1.29 is 14.3 Å². The lowest BCUT2D eigenvalue weighted by atomic mass is 9.83. The van der Waals surface area contributed by atoms with Crippen LogP contribution in [0.25, 0.3) is 10.8 Å². The van der Waals surface area contributed by atoms with E-state index in [-0.39, 0.29) is 11.9 Å². The van der Waals surface area contributed by atoms with E-state index in [2.05, 4.69) is 0 Å². The molecular weight excluding hydrogens is 240 g/mol. The Morgan fingerprint density at radius 1 is 1.32 bits per heavy atom. The van der Waals surface area contributed by atoms with Crippen molar-refractivity contribution in [3.63, 3.8) is 0 Å². The Labute approximate surface area is 111 Å². The SMILES string of the molecule is CCOC1COC12C(=O)c1cccc3cccc2c13. The molecule has 0 bridgehead atoms. The molecule has 2 aromatic carbocycles. The Hall–Kier alpha value is -1.71. The molecule has 96 valence electrons. The molecule has 2 aliphatic rings. The summed E-state index contributed by atoms with van der Waals surface area (Å²) in [7, 11) is 0. The molecule has 0 aromatic heterocycles. The number of carbonyl (C=O) groups is 1. The predicted molar refractivity (Wildman–Crippen MR) is 71.3 cm³/mol. The van der Waals surface area contributed by atoms with Gasteiger partial charge in [0.15, 0.2) is 5.60 Å². The largest absolute Gasteiger partial charge is 0.372 e. The average molecular weight is 254 g/mol. The smallest absolute Gasteiger partial charge is 0.202 e. The topological polar surface area (TPSA) is 35.5 Å². The van der Waals surface area contributed by atoms with Gasteiger partial charge in [-0.2, -0.15) is 0 Å². The third-order valence-electron chi connectivity index (χ3n) is 4.17. The molecule has 3 heteroatoms. The van der Waals surface area contributed by atoms with Gasteiger partial charge in [0.05, 0.1) is 6.61 Å². The van der Waals surface area contributed by atoms with Gasteiger partial charge in [0.25, 0.3) is 0 Å². The van der Waals surface area contributed by atoms with Gasteiger partial charge in [0, 0.05) is 17.7 Å². The van der Waals surface area contributed by atoms with E-state index in [0.29, 0.717) is 13.2 Å². The van der Waals surface area contributed by atoms with Crippen LogP contribution in [0.15, 0.2) is 36.4 Å². The molecule has 1 heterocycles. The number of hydrogen-bond donors (Lipinski definition) is 0. The maximum atomic E-state index is 12.8. The highest BCUT2D eigenvalue weighted by Crippen LogP contribution is 2.50. The van der Waals surface area contributed by atoms with Crippen LogP contribution in [0.1, 0.15) is 22.8 Å². The van der Waals surface area contributed by atoms with Crippen molar-refractivity contribution in [2.45, 2.75) is 18.6 Å². The highest BCUT2D eigenvalue weighted by Gasteiger charge is 2.60. The van der Waals surface area contributed by atoms with Crippen LogP contribution in [0.2, 0.25) is 0 Å². The van der Waals surface area contributed by atoms with Crippen molar-refractivity contribution in [2.24, 2.45) is 0 Å². The van der Waals surface area contributed by atoms with Gasteiger partial charge in [0.1, 0.15) is 6.10 Å². The number of carbonyl (C=O) groups excluding carboxylic acids is 1. The predicted octanol–water partition coefficient (Wildman–Crippen LogP) is 2.67. The van der Waals surface area contributed by atoms with E-state index in [9.17, 15) is 4.79 Å². The monoisotopic (exact) mass is 254 g/mol. The van der Waals surface area contributed by atoms with Crippen LogP contribution in [-0.2, 0) is 15.1 Å². The Kier molecular flexibility index (Phi) is 2.14. The molecule has 0 saturated carbocycles. The third-order valence-corrected chi connectivity index (χ3v) is 4.17. The Balaban J connectivity index is 1.99. The minimum atomic E-state index is -0.890. The molecule has 19 heavy (non-hydrogen) atoms. The molecule has 2 aromatic rings. The van der Waals surface area contributed by atoms with Gasteiger partial charge in [0.2, 0.25) is 5.78 Å². The van der Waals surface area contributed by atoms with Crippen molar-refractivity contribution >= 4 is 16.6 Å². The van der Waals surface area contributed by atoms with Gasteiger partial charge in [-0.3, -0.25) is 4.79 Å². The summed E-state index contributed by atoms with van der Waals surface area (Å²) < 4.78 is 11.5. The second-order valence-electron chi connectivity index (χ2n) is 5.03. The maximum absolute atomic E-state index is 12.8. The van der Waals surface area contributed by atoms with E-state index in [1.165, 1.54) is 0 Å². The molecule has 0 N–H and O–H groups in total. The zero-order chi connectivity index (χ0) is 13.0. The molecule has 0 radical (unpaired) electrons. The second-order valence-corrected chi connectivity index (χ2v) is 5.03. The summed E-state index contributed by atoms with van der Waals surface area (Å²) in [6.45, 7) is 3.03. The Morgan fingerprint density at radius 3 is 2.79 bits per heavy atom. The van der Waals surface area contributed by atoms with Gasteiger partial charge in [-0.25, -0.2) is 0 Å². The summed E-state index contributed by atoms with van der Waals surface area (Å²) in [5.41, 5.74) is 0.840. The van der Waals surface area contributed by atoms with E-state index in [1.54, 1.807) is 0 Å². The quantitative estimate of drug-likeness (QED) is 0.826. The summed E-state index contributed by atoms with van der Waals surface area (Å²) in [6, 6.07) is 11.8. The summed E-state index contributed by atoms with van der Waals surface area (Å²) in [4.78, 5) is 12.8. The zero-order valence-electron chi connectivity index (χ0n) is 10.7. The van der Waals surface area contributed by atoms with Gasteiger partial charge in [-0.05, 0) is 17.7 Å². The number of fused-ring (bicyclic) bond motifs is 1. The van der Waals surface area contributed by atoms with Crippen LogP contribution in [0.3, 0.4) is 0 Å². The summed E-state index contributed by atoms with van der Waals surface area (Å²) in [6.07, 6.45) is -0.164. The number of Topliss-reactive ketones (excluding diaryl/α,β-unsaturated/α-hetero) is 1. The van der Waals surface area contributed by atoms with Crippen LogP contribution in [0.4, 0.5) is 0 Å². The van der Waals surface area contributed by atoms with Crippen LogP contribution < -0.4 is 0 Å². The summed E-state index contributed by atoms with van der Waals surface area (Å²) >= 11 is 0. The zero-order valence-corrected chi connectivity index (χ0v) is 10.7. The van der Waals surface area contributed by atoms with Gasteiger partial charge < -0.3 is 9.47 Å². The second kappa shape index (κ2) is 3.65. The molecular formula is C16H14O3.